The van der Waals surface area contributed by atoms with Gasteiger partial charge in [-0.05, 0) is 190 Å². The molecule has 0 aliphatic heterocycles. The van der Waals surface area contributed by atoms with E-state index in [0.29, 0.717) is 66.2 Å². The van der Waals surface area contributed by atoms with Crippen molar-refractivity contribution in [3.8, 4) is 43.9 Å². The maximum absolute atomic E-state index is 13.8. The number of fused-ring (bicyclic) bond motifs is 2. The molecule has 0 bridgehead atoms. The molecule has 8 rings (SSSR count). The molecule has 18 heteroatoms. The number of benzene rings is 6. The topological polar surface area (TPSA) is 93.1 Å². The van der Waals surface area contributed by atoms with E-state index in [4.69, 9.17) is 9.47 Å². The van der Waals surface area contributed by atoms with Crippen molar-refractivity contribution in [3.05, 3.63) is 167 Å². The lowest BCUT2D eigenvalue weighted by Crippen LogP contribution is -2.36. The number of alkyl halides is 10. The fourth-order valence-electron chi connectivity index (χ4n) is 10.4. The molecular weight excluding hydrogens is 1190 g/mol. The Morgan fingerprint density at radius 1 is 0.409 bits per heavy atom. The Bertz CT molecular complexity index is 3350. The minimum Gasteiger partial charge on any atom is -0.508 e. The molecule has 0 amide bonds. The molecule has 2 N–H and O–H groups in total. The average molecular weight is 1270 g/mol. The van der Waals surface area contributed by atoms with Crippen LogP contribution >= 0.6 is 22.7 Å². The predicted octanol–water partition coefficient (Wildman–Crippen LogP) is 22.3. The third-order valence-corrected chi connectivity index (χ3v) is 18.1. The Hall–Kier alpha value is -6.92. The summed E-state index contributed by atoms with van der Waals surface area (Å²) in [4.78, 5) is 29.2. The molecule has 0 radical (unpaired) electrons. The first-order valence-corrected chi connectivity index (χ1v) is 31.1. The second kappa shape index (κ2) is 29.1. The van der Waals surface area contributed by atoms with Gasteiger partial charge in [-0.1, -0.05) is 95.3 Å². The van der Waals surface area contributed by atoms with Crippen LogP contribution in [0.25, 0.3) is 41.1 Å². The van der Waals surface area contributed by atoms with E-state index in [1.54, 1.807) is 102 Å². The molecule has 0 aliphatic carbocycles. The van der Waals surface area contributed by atoms with Crippen LogP contribution in [-0.2, 0) is 0 Å². The van der Waals surface area contributed by atoms with Crippen LogP contribution in [0.15, 0.2) is 133 Å². The Balaban J connectivity index is 0.000000251. The van der Waals surface area contributed by atoms with Gasteiger partial charge in [-0.3, -0.25) is 9.59 Å². The van der Waals surface area contributed by atoms with Crippen LogP contribution < -0.4 is 9.47 Å². The van der Waals surface area contributed by atoms with Gasteiger partial charge >= 0.3 is 24.2 Å². The van der Waals surface area contributed by atoms with E-state index in [2.05, 4.69) is 30.3 Å². The zero-order valence-corrected chi connectivity index (χ0v) is 51.8. The van der Waals surface area contributed by atoms with Gasteiger partial charge < -0.3 is 19.7 Å². The minimum absolute atomic E-state index is 0.0352. The van der Waals surface area contributed by atoms with Gasteiger partial charge in [-0.25, -0.2) is 0 Å². The van der Waals surface area contributed by atoms with Crippen LogP contribution in [0.2, 0.25) is 0 Å². The minimum atomic E-state index is -5.50. The van der Waals surface area contributed by atoms with Gasteiger partial charge in [0.1, 0.15) is 23.0 Å². The highest BCUT2D eigenvalue weighted by Crippen LogP contribution is 2.45. The van der Waals surface area contributed by atoms with Gasteiger partial charge in [0.05, 0.1) is 13.2 Å². The monoisotopic (exact) mass is 1260 g/mol. The fraction of sp³-hybridized carbons (Fsp3) is 0.400. The highest BCUT2D eigenvalue weighted by atomic mass is 32.1. The fourth-order valence-corrected chi connectivity index (χ4v) is 13.0. The van der Waals surface area contributed by atoms with Gasteiger partial charge in [-0.2, -0.15) is 43.9 Å². The molecule has 2 heterocycles. The number of carbonyl (C=O) groups excluding carboxylic acids is 2. The van der Waals surface area contributed by atoms with Crippen molar-refractivity contribution in [1.29, 1.82) is 0 Å². The van der Waals surface area contributed by atoms with E-state index in [-0.39, 0.29) is 46.7 Å². The SMILES string of the molecule is CC(C)(CCCCCOc1ccc(C(=O)c2c(-c3ccc(O)cc3)sc3cc(O)ccc23)cc1)CCCC(F)(F)C(F)(F)F.Cc1ccc(-c2sc3cc(C)ccc3c2C(=O)c2ccc(OCCCCCC(C)(C)CCCC(F)(F)C(F)(F)F)cc2)cc1. The molecule has 0 spiro atoms. The third-order valence-electron chi connectivity index (χ3n) is 15.7. The van der Waals surface area contributed by atoms with Crippen LogP contribution in [0.1, 0.15) is 161 Å². The molecular formula is C70H74F10O6S2. The Morgan fingerprint density at radius 2 is 0.773 bits per heavy atom. The number of ether oxygens (including phenoxy) is 2. The van der Waals surface area contributed by atoms with E-state index in [9.17, 15) is 63.7 Å². The van der Waals surface area contributed by atoms with Gasteiger partial charge in [0.2, 0.25) is 0 Å². The number of unbranched alkanes of at least 4 members (excludes halogenated alkanes) is 4. The standard InChI is InChI=1S/C36H39F5O2S.C34H35F5O4S/c1-24-9-12-27(13-10-24)33-31(29-18-11-25(2)23-30(29)44-33)32(42)26-14-16-28(17-15-26)43-22-7-5-6-19-34(3,4)20-8-21-35(37,38)36(39,40)41;1-32(2,18-6-19-33(35,36)34(37,38)39)17-4-3-5-20-43-26-14-9-22(10-15-26)30(42)29-27-16-13-25(41)21-28(27)44-31(29)23-7-11-24(40)12-8-23/h9-18,23H,5-8,19-22H2,1-4H3;7-16,21,40-41H,3-6,17-20H2,1-2H3. The zero-order valence-electron chi connectivity index (χ0n) is 50.1. The average Bonchev–Trinajstić information content (AvgIpc) is 4.29. The van der Waals surface area contributed by atoms with Crippen LogP contribution in [0.5, 0.6) is 23.0 Å². The quantitative estimate of drug-likeness (QED) is 0.0288. The maximum Gasteiger partial charge on any atom is 0.453 e. The van der Waals surface area contributed by atoms with E-state index in [1.807, 2.05) is 53.7 Å². The second-order valence-electron chi connectivity index (χ2n) is 24.2. The summed E-state index contributed by atoms with van der Waals surface area (Å²) in [6.07, 6.45) is -6.83. The molecule has 6 aromatic carbocycles. The summed E-state index contributed by atoms with van der Waals surface area (Å²) in [6.45, 7) is 12.6. The smallest absolute Gasteiger partial charge is 0.453 e. The summed E-state index contributed by atoms with van der Waals surface area (Å²) in [5, 5.41) is 21.4. The van der Waals surface area contributed by atoms with Crippen molar-refractivity contribution in [2.45, 2.75) is 156 Å². The number of carbonyl (C=O) groups is 2. The number of ketones is 2. The lowest BCUT2D eigenvalue weighted by molar-refractivity contribution is -0.284. The number of thiophene rings is 2. The highest BCUT2D eigenvalue weighted by molar-refractivity contribution is 7.23. The maximum atomic E-state index is 13.8. The summed E-state index contributed by atoms with van der Waals surface area (Å²) in [7, 11) is 0. The van der Waals surface area contributed by atoms with Crippen molar-refractivity contribution in [3.63, 3.8) is 0 Å². The van der Waals surface area contributed by atoms with Crippen LogP contribution in [0.3, 0.4) is 0 Å². The van der Waals surface area contributed by atoms with E-state index in [0.717, 1.165) is 97.1 Å². The van der Waals surface area contributed by atoms with Gasteiger partial charge in [0, 0.05) is 65.0 Å². The second-order valence-corrected chi connectivity index (χ2v) is 26.3. The Morgan fingerprint density at radius 3 is 1.19 bits per heavy atom. The van der Waals surface area contributed by atoms with Crippen LogP contribution in [0.4, 0.5) is 43.9 Å². The first kappa shape index (κ1) is 68.6. The highest BCUT2D eigenvalue weighted by Gasteiger charge is 2.57. The largest absolute Gasteiger partial charge is 0.508 e. The Labute approximate surface area is 515 Å². The number of aryl methyl sites for hydroxylation is 2. The molecule has 0 atom stereocenters. The number of rotatable bonds is 28. The Kier molecular flexibility index (Phi) is 22.7. The summed E-state index contributed by atoms with van der Waals surface area (Å²) in [6, 6.07) is 39.9. The molecule has 0 saturated heterocycles. The van der Waals surface area contributed by atoms with Crippen LogP contribution in [0, 0.1) is 24.7 Å². The number of hydrogen-bond acceptors (Lipinski definition) is 8. The van der Waals surface area contributed by atoms with Crippen molar-refractivity contribution < 1.29 is 73.2 Å². The first-order valence-electron chi connectivity index (χ1n) is 29.4. The summed E-state index contributed by atoms with van der Waals surface area (Å²) < 4.78 is 140. The van der Waals surface area contributed by atoms with Crippen molar-refractivity contribution in [1.82, 2.24) is 0 Å². The number of phenolic OH excluding ortho intramolecular Hbond substituents is 2. The summed E-state index contributed by atoms with van der Waals surface area (Å²) >= 11 is 3.02. The summed E-state index contributed by atoms with van der Waals surface area (Å²) in [5.74, 6) is -8.00. The van der Waals surface area contributed by atoms with Crippen LogP contribution in [-0.4, -0.2) is 59.2 Å². The van der Waals surface area contributed by atoms with E-state index in [1.165, 1.54) is 11.3 Å². The van der Waals surface area contributed by atoms with Crippen molar-refractivity contribution in [2.75, 3.05) is 13.2 Å². The molecule has 0 saturated carbocycles. The normalized spacial score (nSPS) is 12.5. The third kappa shape index (κ3) is 18.6. The molecule has 0 aliphatic rings. The number of halogens is 10. The van der Waals surface area contributed by atoms with Crippen molar-refractivity contribution >= 4 is 54.4 Å². The van der Waals surface area contributed by atoms with Gasteiger partial charge in [-0.15, -0.1) is 22.7 Å². The van der Waals surface area contributed by atoms with Crippen molar-refractivity contribution in [2.24, 2.45) is 10.8 Å². The number of aromatic hydroxyl groups is 2. The molecule has 0 fully saturated rings. The van der Waals surface area contributed by atoms with Gasteiger partial charge in [0.15, 0.2) is 11.6 Å². The first-order chi connectivity index (χ1) is 41.3. The summed E-state index contributed by atoms with van der Waals surface area (Å²) in [5.41, 5.74) is 5.74. The molecule has 6 nitrogen and oxygen atoms in total. The molecule has 88 heavy (non-hydrogen) atoms. The lowest BCUT2D eigenvalue weighted by atomic mass is 9.81. The lowest BCUT2D eigenvalue weighted by Gasteiger charge is -2.26. The molecule has 8 aromatic rings. The number of hydrogen-bond donors (Lipinski definition) is 2. The zero-order chi connectivity index (χ0) is 64.2. The molecule has 472 valence electrons. The van der Waals surface area contributed by atoms with E-state index < -0.39 is 37.0 Å². The van der Waals surface area contributed by atoms with Gasteiger partial charge in [0.25, 0.3) is 0 Å². The predicted molar refractivity (Wildman–Crippen MR) is 332 cm³/mol. The number of phenols is 2. The van der Waals surface area contributed by atoms with E-state index >= 15 is 0 Å². The molecule has 2 aromatic heterocycles. The molecule has 0 unspecified atom stereocenters.